The Morgan fingerprint density at radius 3 is 2.15 bits per heavy atom. The van der Waals surface area contributed by atoms with Gasteiger partial charge in [0.05, 0.1) is 5.75 Å². The molecule has 0 atom stereocenters. The maximum atomic E-state index is 12.5. The van der Waals surface area contributed by atoms with Gasteiger partial charge in [0.2, 0.25) is 0 Å². The summed E-state index contributed by atoms with van der Waals surface area (Å²) in [7, 11) is -4.37. The molecule has 3 nitrogen and oxygen atoms in total. The highest BCUT2D eigenvalue weighted by Crippen LogP contribution is 2.36. The topological polar surface area (TPSA) is 60.2 Å². The Bertz CT molecular complexity index is 257. The third-order valence-corrected chi connectivity index (χ3v) is 3.78. The van der Waals surface area contributed by atoms with Crippen LogP contribution in [-0.2, 0) is 10.2 Å². The third-order valence-electron chi connectivity index (χ3n) is 2.83. The minimum Gasteiger partial charge on any atom is -0.330 e. The molecule has 0 heterocycles. The van der Waals surface area contributed by atoms with Crippen LogP contribution in [0.15, 0.2) is 0 Å². The van der Waals surface area contributed by atoms with E-state index < -0.39 is 21.4 Å². The molecule has 5 heteroatoms. The van der Waals surface area contributed by atoms with Crippen LogP contribution in [0.2, 0.25) is 0 Å². The summed E-state index contributed by atoms with van der Waals surface area (Å²) in [5.41, 5.74) is 5.03. The molecule has 0 aromatic heterocycles. The number of halogens is 1. The fraction of sp³-hybridized carbons (Fsp3) is 1.00. The fourth-order valence-corrected chi connectivity index (χ4v) is 3.21. The van der Waals surface area contributed by atoms with E-state index in [0.717, 1.165) is 32.1 Å². The van der Waals surface area contributed by atoms with Gasteiger partial charge in [-0.2, -0.15) is 8.42 Å². The summed E-state index contributed by atoms with van der Waals surface area (Å²) in [5.74, 6) is -0.392. The van der Waals surface area contributed by atoms with Crippen molar-refractivity contribution in [1.29, 1.82) is 0 Å². The van der Waals surface area contributed by atoms with Gasteiger partial charge in [-0.1, -0.05) is 19.3 Å². The Labute approximate surface area is 78.7 Å². The summed E-state index contributed by atoms with van der Waals surface area (Å²) < 4.78 is 33.6. The summed E-state index contributed by atoms with van der Waals surface area (Å²) in [5, 5.41) is 0. The molecule has 1 aliphatic carbocycles. The maximum Gasteiger partial charge on any atom is 0.303 e. The van der Waals surface area contributed by atoms with E-state index in [0.29, 0.717) is 0 Å². The van der Waals surface area contributed by atoms with Crippen molar-refractivity contribution in [2.24, 2.45) is 11.1 Å². The highest BCUT2D eigenvalue weighted by Gasteiger charge is 2.35. The van der Waals surface area contributed by atoms with Crippen LogP contribution in [-0.4, -0.2) is 20.7 Å². The SMILES string of the molecule is NCC1(CS(=O)(=O)F)CCCCC1. The predicted octanol–water partition coefficient (Wildman–Crippen LogP) is 1.19. The summed E-state index contributed by atoms with van der Waals surface area (Å²) >= 11 is 0. The number of rotatable bonds is 3. The quantitative estimate of drug-likeness (QED) is 0.710. The molecule has 0 radical (unpaired) electrons. The van der Waals surface area contributed by atoms with E-state index in [1.807, 2.05) is 0 Å². The molecular formula is C8H16FNO2S. The van der Waals surface area contributed by atoms with Crippen LogP contribution in [0.1, 0.15) is 32.1 Å². The molecule has 2 N–H and O–H groups in total. The van der Waals surface area contributed by atoms with Crippen molar-refractivity contribution < 1.29 is 12.3 Å². The van der Waals surface area contributed by atoms with Gasteiger partial charge in [0.25, 0.3) is 0 Å². The van der Waals surface area contributed by atoms with Crippen LogP contribution < -0.4 is 5.73 Å². The smallest absolute Gasteiger partial charge is 0.303 e. The van der Waals surface area contributed by atoms with Gasteiger partial charge in [0, 0.05) is 0 Å². The van der Waals surface area contributed by atoms with Crippen LogP contribution in [0.25, 0.3) is 0 Å². The molecule has 0 saturated heterocycles. The maximum absolute atomic E-state index is 12.5. The number of nitrogens with two attached hydrogens (primary N) is 1. The molecule has 0 aromatic carbocycles. The first kappa shape index (κ1) is 10.9. The molecule has 13 heavy (non-hydrogen) atoms. The average Bonchev–Trinajstić information content (AvgIpc) is 2.03. The van der Waals surface area contributed by atoms with E-state index in [4.69, 9.17) is 5.73 Å². The molecule has 0 bridgehead atoms. The summed E-state index contributed by atoms with van der Waals surface area (Å²) in [6.07, 6.45) is 4.52. The largest absolute Gasteiger partial charge is 0.330 e. The zero-order chi connectivity index (χ0) is 9.95. The van der Waals surface area contributed by atoms with Crippen LogP contribution in [0.4, 0.5) is 3.89 Å². The summed E-state index contributed by atoms with van der Waals surface area (Å²) in [6.45, 7) is 0.274. The second-order valence-electron chi connectivity index (χ2n) is 3.95. The molecule has 0 aromatic rings. The lowest BCUT2D eigenvalue weighted by Gasteiger charge is -2.34. The zero-order valence-electron chi connectivity index (χ0n) is 7.63. The van der Waals surface area contributed by atoms with Gasteiger partial charge in [0.1, 0.15) is 0 Å². The van der Waals surface area contributed by atoms with Crippen molar-refractivity contribution in [3.05, 3.63) is 0 Å². The van der Waals surface area contributed by atoms with Gasteiger partial charge in [-0.15, -0.1) is 3.89 Å². The Kier molecular flexibility index (Phi) is 3.29. The van der Waals surface area contributed by atoms with Gasteiger partial charge in [-0.25, -0.2) is 0 Å². The first-order valence-corrected chi connectivity index (χ1v) is 6.15. The van der Waals surface area contributed by atoms with Gasteiger partial charge < -0.3 is 5.73 Å². The highest BCUT2D eigenvalue weighted by atomic mass is 32.3. The molecule has 1 rings (SSSR count). The van der Waals surface area contributed by atoms with Crippen LogP contribution >= 0.6 is 0 Å². The van der Waals surface area contributed by atoms with Crippen molar-refractivity contribution in [3.63, 3.8) is 0 Å². The minimum absolute atomic E-state index is 0.274. The van der Waals surface area contributed by atoms with E-state index in [-0.39, 0.29) is 6.54 Å². The Hall–Kier alpha value is -0.160. The highest BCUT2D eigenvalue weighted by molar-refractivity contribution is 7.86. The lowest BCUT2D eigenvalue weighted by Crippen LogP contribution is -2.38. The lowest BCUT2D eigenvalue weighted by molar-refractivity contribution is 0.227. The van der Waals surface area contributed by atoms with Gasteiger partial charge in [0.15, 0.2) is 0 Å². The molecule has 0 aliphatic heterocycles. The van der Waals surface area contributed by atoms with Gasteiger partial charge in [-0.05, 0) is 24.8 Å². The fourth-order valence-electron chi connectivity index (χ4n) is 2.07. The third kappa shape index (κ3) is 3.23. The second-order valence-corrected chi connectivity index (χ2v) is 5.31. The molecule has 1 saturated carbocycles. The van der Waals surface area contributed by atoms with Gasteiger partial charge in [-0.3, -0.25) is 0 Å². The van der Waals surface area contributed by atoms with Crippen LogP contribution in [0, 0.1) is 5.41 Å². The second kappa shape index (κ2) is 3.92. The van der Waals surface area contributed by atoms with Crippen LogP contribution in [0.5, 0.6) is 0 Å². The minimum atomic E-state index is -4.37. The number of hydrogen-bond acceptors (Lipinski definition) is 3. The molecule has 0 amide bonds. The Morgan fingerprint density at radius 1 is 1.23 bits per heavy atom. The van der Waals surface area contributed by atoms with Gasteiger partial charge >= 0.3 is 10.2 Å². The van der Waals surface area contributed by atoms with E-state index in [2.05, 4.69) is 0 Å². The van der Waals surface area contributed by atoms with Crippen LogP contribution in [0.3, 0.4) is 0 Å². The van der Waals surface area contributed by atoms with E-state index in [9.17, 15) is 12.3 Å². The van der Waals surface area contributed by atoms with E-state index in [1.165, 1.54) is 0 Å². The molecule has 1 fully saturated rings. The standard InChI is InChI=1S/C8H16FNO2S/c9-13(11,12)7-8(6-10)4-2-1-3-5-8/h1-7,10H2. The average molecular weight is 209 g/mol. The predicted molar refractivity (Wildman–Crippen MR) is 49.5 cm³/mol. The normalized spacial score (nSPS) is 22.9. The van der Waals surface area contributed by atoms with Crippen molar-refractivity contribution in [2.75, 3.05) is 12.3 Å². The molecule has 1 aliphatic rings. The first-order valence-electron chi connectivity index (χ1n) is 4.60. The zero-order valence-corrected chi connectivity index (χ0v) is 8.45. The monoisotopic (exact) mass is 209 g/mol. The molecule has 78 valence electrons. The van der Waals surface area contributed by atoms with E-state index >= 15 is 0 Å². The Morgan fingerprint density at radius 2 is 1.77 bits per heavy atom. The van der Waals surface area contributed by atoms with E-state index in [1.54, 1.807) is 0 Å². The summed E-state index contributed by atoms with van der Waals surface area (Å²) in [6, 6.07) is 0. The first-order chi connectivity index (χ1) is 5.97. The van der Waals surface area contributed by atoms with Crippen molar-refractivity contribution >= 4 is 10.2 Å². The number of hydrogen-bond donors (Lipinski definition) is 1. The van der Waals surface area contributed by atoms with Crippen molar-refractivity contribution in [3.8, 4) is 0 Å². The lowest BCUT2D eigenvalue weighted by atomic mass is 9.76. The molecular weight excluding hydrogens is 193 g/mol. The summed E-state index contributed by atoms with van der Waals surface area (Å²) in [4.78, 5) is 0. The van der Waals surface area contributed by atoms with Crippen molar-refractivity contribution in [1.82, 2.24) is 0 Å². The molecule has 0 unspecified atom stereocenters. The Balaban J connectivity index is 2.68. The van der Waals surface area contributed by atoms with Crippen molar-refractivity contribution in [2.45, 2.75) is 32.1 Å². The molecule has 0 spiro atoms.